The SMILES string of the molecule is CC.CC.Cc1cc(C)cc(C(C)(C)C)c1. The van der Waals surface area contributed by atoms with Crippen molar-refractivity contribution >= 4 is 0 Å². The van der Waals surface area contributed by atoms with Gasteiger partial charge in [0.1, 0.15) is 0 Å². The highest BCUT2D eigenvalue weighted by Crippen LogP contribution is 2.23. The van der Waals surface area contributed by atoms with Crippen LogP contribution >= 0.6 is 0 Å². The van der Waals surface area contributed by atoms with Gasteiger partial charge >= 0.3 is 0 Å². The van der Waals surface area contributed by atoms with Gasteiger partial charge in [0.05, 0.1) is 0 Å². The van der Waals surface area contributed by atoms with E-state index in [0.717, 1.165) is 0 Å². The normalized spacial score (nSPS) is 9.56. The highest BCUT2D eigenvalue weighted by Gasteiger charge is 2.13. The molecule has 0 aliphatic rings. The summed E-state index contributed by atoms with van der Waals surface area (Å²) in [6.07, 6.45) is 0. The van der Waals surface area contributed by atoms with Gasteiger partial charge in [-0.2, -0.15) is 0 Å². The summed E-state index contributed by atoms with van der Waals surface area (Å²) in [5.41, 5.74) is 4.43. The lowest BCUT2D eigenvalue weighted by Crippen LogP contribution is -2.11. The summed E-state index contributed by atoms with van der Waals surface area (Å²) < 4.78 is 0. The Labute approximate surface area is 103 Å². The second kappa shape index (κ2) is 8.38. The molecule has 0 saturated heterocycles. The first-order chi connectivity index (χ1) is 7.39. The lowest BCUT2D eigenvalue weighted by molar-refractivity contribution is 0.589. The zero-order valence-corrected chi connectivity index (χ0v) is 12.7. The minimum absolute atomic E-state index is 0.275. The molecule has 1 aromatic rings. The van der Waals surface area contributed by atoms with Gasteiger partial charge < -0.3 is 0 Å². The monoisotopic (exact) mass is 222 g/mol. The first kappa shape index (κ1) is 17.6. The van der Waals surface area contributed by atoms with E-state index in [1.807, 2.05) is 27.7 Å². The van der Waals surface area contributed by atoms with E-state index >= 15 is 0 Å². The highest BCUT2D eigenvalue weighted by atomic mass is 14.2. The Hall–Kier alpha value is -0.780. The number of rotatable bonds is 0. The topological polar surface area (TPSA) is 0 Å². The predicted octanol–water partition coefficient (Wildman–Crippen LogP) is 5.65. The molecule has 0 radical (unpaired) electrons. The predicted molar refractivity (Wildman–Crippen MR) is 77.3 cm³/mol. The summed E-state index contributed by atoms with van der Waals surface area (Å²) in [6, 6.07) is 6.76. The molecular formula is C16H30. The summed E-state index contributed by atoms with van der Waals surface area (Å²) in [4.78, 5) is 0. The maximum atomic E-state index is 2.27. The standard InChI is InChI=1S/C12H18.2C2H6/c1-9-6-10(2)8-11(7-9)12(3,4)5;2*1-2/h6-8H,1-5H3;2*1-2H3. The molecule has 0 nitrogen and oxygen atoms in total. The molecule has 1 aromatic carbocycles. The number of aryl methyl sites for hydroxylation is 2. The lowest BCUT2D eigenvalue weighted by Gasteiger charge is -2.20. The molecule has 0 fully saturated rings. The quantitative estimate of drug-likeness (QED) is 0.532. The van der Waals surface area contributed by atoms with Crippen LogP contribution in [-0.4, -0.2) is 0 Å². The Bertz CT molecular complexity index is 256. The fourth-order valence-electron chi connectivity index (χ4n) is 1.41. The highest BCUT2D eigenvalue weighted by molar-refractivity contribution is 5.32. The van der Waals surface area contributed by atoms with E-state index in [2.05, 4.69) is 52.8 Å². The largest absolute Gasteiger partial charge is 0.0683 e. The van der Waals surface area contributed by atoms with Gasteiger partial charge in [0.15, 0.2) is 0 Å². The Morgan fingerprint density at radius 3 is 1.25 bits per heavy atom. The van der Waals surface area contributed by atoms with Gasteiger partial charge in [0.2, 0.25) is 0 Å². The van der Waals surface area contributed by atoms with Crippen molar-refractivity contribution in [3.63, 3.8) is 0 Å². The number of hydrogen-bond donors (Lipinski definition) is 0. The fraction of sp³-hybridized carbons (Fsp3) is 0.625. The molecule has 0 aliphatic heterocycles. The van der Waals surface area contributed by atoms with Gasteiger partial charge in [-0.05, 0) is 24.8 Å². The molecule has 0 heteroatoms. The Morgan fingerprint density at radius 1 is 0.688 bits per heavy atom. The molecule has 0 spiro atoms. The van der Waals surface area contributed by atoms with E-state index in [4.69, 9.17) is 0 Å². The Morgan fingerprint density at radius 2 is 1.00 bits per heavy atom. The molecule has 0 unspecified atom stereocenters. The third-order valence-electron chi connectivity index (χ3n) is 2.09. The lowest BCUT2D eigenvalue weighted by atomic mass is 9.85. The molecule has 0 aromatic heterocycles. The van der Waals surface area contributed by atoms with Crippen molar-refractivity contribution in [1.82, 2.24) is 0 Å². The van der Waals surface area contributed by atoms with Crippen LogP contribution in [0.2, 0.25) is 0 Å². The first-order valence-corrected chi connectivity index (χ1v) is 6.48. The van der Waals surface area contributed by atoms with Crippen molar-refractivity contribution in [2.45, 2.75) is 67.7 Å². The van der Waals surface area contributed by atoms with Crippen LogP contribution in [0.4, 0.5) is 0 Å². The van der Waals surface area contributed by atoms with E-state index in [1.165, 1.54) is 16.7 Å². The molecular weight excluding hydrogens is 192 g/mol. The van der Waals surface area contributed by atoms with Gasteiger partial charge in [0, 0.05) is 0 Å². The van der Waals surface area contributed by atoms with E-state index in [1.54, 1.807) is 0 Å². The summed E-state index contributed by atoms with van der Waals surface area (Å²) >= 11 is 0. The van der Waals surface area contributed by atoms with E-state index in [9.17, 15) is 0 Å². The summed E-state index contributed by atoms with van der Waals surface area (Å²) in [5, 5.41) is 0. The summed E-state index contributed by atoms with van der Waals surface area (Å²) in [7, 11) is 0. The van der Waals surface area contributed by atoms with Crippen LogP contribution < -0.4 is 0 Å². The van der Waals surface area contributed by atoms with Crippen LogP contribution in [0.15, 0.2) is 18.2 Å². The van der Waals surface area contributed by atoms with Crippen LogP contribution in [-0.2, 0) is 5.41 Å². The van der Waals surface area contributed by atoms with Crippen LogP contribution in [0.5, 0.6) is 0 Å². The van der Waals surface area contributed by atoms with Gasteiger partial charge in [-0.15, -0.1) is 0 Å². The third kappa shape index (κ3) is 6.66. The van der Waals surface area contributed by atoms with Gasteiger partial charge in [-0.1, -0.05) is 77.8 Å². The third-order valence-corrected chi connectivity index (χ3v) is 2.09. The summed E-state index contributed by atoms with van der Waals surface area (Å²) in [6.45, 7) is 19.1. The van der Waals surface area contributed by atoms with Crippen LogP contribution in [0, 0.1) is 13.8 Å². The smallest absolute Gasteiger partial charge is 0.0132 e. The van der Waals surface area contributed by atoms with Crippen molar-refractivity contribution in [2.75, 3.05) is 0 Å². The minimum Gasteiger partial charge on any atom is -0.0683 e. The van der Waals surface area contributed by atoms with E-state index in [0.29, 0.717) is 0 Å². The van der Waals surface area contributed by atoms with Gasteiger partial charge in [0.25, 0.3) is 0 Å². The van der Waals surface area contributed by atoms with Crippen molar-refractivity contribution in [2.24, 2.45) is 0 Å². The molecule has 0 saturated carbocycles. The molecule has 1 rings (SSSR count). The maximum Gasteiger partial charge on any atom is -0.0132 e. The molecule has 0 atom stereocenters. The van der Waals surface area contributed by atoms with Crippen molar-refractivity contribution in [3.8, 4) is 0 Å². The Kier molecular flexibility index (Phi) is 9.22. The van der Waals surface area contributed by atoms with Gasteiger partial charge in [-0.25, -0.2) is 0 Å². The molecule has 0 N–H and O–H groups in total. The van der Waals surface area contributed by atoms with Crippen LogP contribution in [0.1, 0.15) is 65.2 Å². The number of benzene rings is 1. The van der Waals surface area contributed by atoms with E-state index in [-0.39, 0.29) is 5.41 Å². The molecule has 0 aliphatic carbocycles. The van der Waals surface area contributed by atoms with Crippen LogP contribution in [0.25, 0.3) is 0 Å². The molecule has 16 heavy (non-hydrogen) atoms. The molecule has 0 heterocycles. The van der Waals surface area contributed by atoms with E-state index < -0.39 is 0 Å². The van der Waals surface area contributed by atoms with Crippen molar-refractivity contribution in [3.05, 3.63) is 34.9 Å². The zero-order chi connectivity index (χ0) is 13.4. The molecule has 0 bridgehead atoms. The van der Waals surface area contributed by atoms with Crippen LogP contribution in [0.3, 0.4) is 0 Å². The first-order valence-electron chi connectivity index (χ1n) is 6.48. The second-order valence-corrected chi connectivity index (χ2v) is 4.63. The average molecular weight is 222 g/mol. The molecule has 94 valence electrons. The second-order valence-electron chi connectivity index (χ2n) is 4.63. The fourth-order valence-corrected chi connectivity index (χ4v) is 1.41. The summed E-state index contributed by atoms with van der Waals surface area (Å²) in [5.74, 6) is 0. The maximum absolute atomic E-state index is 2.27. The number of hydrogen-bond acceptors (Lipinski definition) is 0. The Balaban J connectivity index is 0. The van der Waals surface area contributed by atoms with Crippen molar-refractivity contribution < 1.29 is 0 Å². The minimum atomic E-state index is 0.275. The van der Waals surface area contributed by atoms with Gasteiger partial charge in [-0.3, -0.25) is 0 Å². The zero-order valence-electron chi connectivity index (χ0n) is 12.7. The molecule has 0 amide bonds. The van der Waals surface area contributed by atoms with Crippen molar-refractivity contribution in [1.29, 1.82) is 0 Å². The average Bonchev–Trinajstić information content (AvgIpc) is 2.21.